The Hall–Kier alpha value is -2.49. The number of amides is 1. The lowest BCUT2D eigenvalue weighted by atomic mass is 10.1. The third kappa shape index (κ3) is 4.58. The predicted octanol–water partition coefficient (Wildman–Crippen LogP) is 4.06. The zero-order valence-corrected chi connectivity index (χ0v) is 17.2. The molecule has 10 heteroatoms. The molecule has 0 aromatic heterocycles. The van der Waals surface area contributed by atoms with Gasteiger partial charge in [-0.3, -0.25) is 14.9 Å². The maximum absolute atomic E-state index is 12.9. The van der Waals surface area contributed by atoms with Gasteiger partial charge in [0.1, 0.15) is 5.02 Å². The van der Waals surface area contributed by atoms with E-state index in [-0.39, 0.29) is 32.9 Å². The summed E-state index contributed by atoms with van der Waals surface area (Å²) in [4.78, 5) is 22.9. The molecule has 1 aliphatic heterocycles. The van der Waals surface area contributed by atoms with E-state index in [1.54, 1.807) is 0 Å². The van der Waals surface area contributed by atoms with Crippen LogP contribution in [0.2, 0.25) is 5.02 Å². The van der Waals surface area contributed by atoms with E-state index in [2.05, 4.69) is 5.32 Å². The molecular formula is C19H20ClN3O5S. The number of sulfonamides is 1. The van der Waals surface area contributed by atoms with E-state index < -0.39 is 20.9 Å². The van der Waals surface area contributed by atoms with Gasteiger partial charge < -0.3 is 5.32 Å². The van der Waals surface area contributed by atoms with E-state index in [9.17, 15) is 23.3 Å². The molecule has 0 bridgehead atoms. The van der Waals surface area contributed by atoms with Gasteiger partial charge in [-0.05, 0) is 56.2 Å². The molecule has 3 rings (SSSR count). The first-order valence-corrected chi connectivity index (χ1v) is 10.9. The van der Waals surface area contributed by atoms with Crippen molar-refractivity contribution < 1.29 is 18.1 Å². The molecule has 0 radical (unpaired) electrons. The number of nitrogens with zero attached hydrogens (tertiary/aromatic N) is 2. The number of halogens is 1. The van der Waals surface area contributed by atoms with Crippen LogP contribution in [0, 0.1) is 10.1 Å². The first kappa shape index (κ1) is 21.2. The zero-order valence-electron chi connectivity index (χ0n) is 15.7. The highest BCUT2D eigenvalue weighted by Crippen LogP contribution is 2.28. The number of carbonyl (C=O) groups excluding carboxylic acids is 1. The molecular weight excluding hydrogens is 418 g/mol. The second-order valence-electron chi connectivity index (χ2n) is 6.86. The summed E-state index contributed by atoms with van der Waals surface area (Å²) in [5, 5.41) is 13.5. The van der Waals surface area contributed by atoms with Crippen LogP contribution in [0.1, 0.15) is 36.5 Å². The van der Waals surface area contributed by atoms with Gasteiger partial charge in [-0.15, -0.1) is 0 Å². The quantitative estimate of drug-likeness (QED) is 0.560. The Labute approximate surface area is 173 Å². The summed E-state index contributed by atoms with van der Waals surface area (Å²) in [5.41, 5.74) is 0.125. The maximum atomic E-state index is 12.9. The molecule has 0 spiro atoms. The first-order chi connectivity index (χ1) is 13.7. The molecule has 0 saturated carbocycles. The molecule has 1 amide bonds. The third-order valence-electron chi connectivity index (χ3n) is 4.87. The Balaban J connectivity index is 1.77. The number of hydrogen-bond donors (Lipinski definition) is 1. The lowest BCUT2D eigenvalue weighted by Crippen LogP contribution is -2.41. The highest BCUT2D eigenvalue weighted by atomic mass is 35.5. The standard InChI is InChI=1S/C19H20ClN3O5S/c1-13-4-2-3-11-22(13)29(27,28)16-8-5-14(6-9-16)19(24)21-15-7-10-17(20)18(12-15)23(25)26/h5-10,12-13H,2-4,11H2,1H3,(H,21,24). The SMILES string of the molecule is CC1CCCCN1S(=O)(=O)c1ccc(C(=O)Nc2ccc(Cl)c([N+](=O)[O-])c2)cc1. The van der Waals surface area contributed by atoms with Crippen molar-refractivity contribution in [2.24, 2.45) is 0 Å². The van der Waals surface area contributed by atoms with Gasteiger partial charge in [0.2, 0.25) is 10.0 Å². The lowest BCUT2D eigenvalue weighted by molar-refractivity contribution is -0.384. The van der Waals surface area contributed by atoms with Crippen molar-refractivity contribution >= 4 is 38.9 Å². The first-order valence-electron chi connectivity index (χ1n) is 9.07. The van der Waals surface area contributed by atoms with Crippen molar-refractivity contribution in [1.29, 1.82) is 0 Å². The van der Waals surface area contributed by atoms with Crippen molar-refractivity contribution in [2.75, 3.05) is 11.9 Å². The van der Waals surface area contributed by atoms with Gasteiger partial charge in [-0.1, -0.05) is 18.0 Å². The number of nitro groups is 1. The lowest BCUT2D eigenvalue weighted by Gasteiger charge is -2.32. The average molecular weight is 438 g/mol. The molecule has 1 fully saturated rings. The number of benzene rings is 2. The zero-order chi connectivity index (χ0) is 21.2. The van der Waals surface area contributed by atoms with E-state index in [0.717, 1.165) is 25.3 Å². The Kier molecular flexibility index (Phi) is 6.21. The summed E-state index contributed by atoms with van der Waals surface area (Å²) in [6.45, 7) is 2.38. The minimum absolute atomic E-state index is 0.0329. The van der Waals surface area contributed by atoms with Gasteiger partial charge in [-0.25, -0.2) is 8.42 Å². The summed E-state index contributed by atoms with van der Waals surface area (Å²) >= 11 is 5.76. The van der Waals surface area contributed by atoms with Crippen molar-refractivity contribution in [3.8, 4) is 0 Å². The summed E-state index contributed by atoms with van der Waals surface area (Å²) in [7, 11) is -3.62. The van der Waals surface area contributed by atoms with Gasteiger partial charge >= 0.3 is 0 Å². The topological polar surface area (TPSA) is 110 Å². The molecule has 29 heavy (non-hydrogen) atoms. The van der Waals surface area contributed by atoms with E-state index in [0.29, 0.717) is 6.54 Å². The normalized spacial score (nSPS) is 17.7. The molecule has 8 nitrogen and oxygen atoms in total. The average Bonchev–Trinajstić information content (AvgIpc) is 2.69. The minimum Gasteiger partial charge on any atom is -0.322 e. The van der Waals surface area contributed by atoms with E-state index in [1.807, 2.05) is 6.92 Å². The van der Waals surface area contributed by atoms with Crippen LogP contribution in [-0.2, 0) is 10.0 Å². The number of hydrogen-bond acceptors (Lipinski definition) is 5. The van der Waals surface area contributed by atoms with Gasteiger partial charge in [0, 0.05) is 29.9 Å². The van der Waals surface area contributed by atoms with Crippen LogP contribution in [0.5, 0.6) is 0 Å². The monoisotopic (exact) mass is 437 g/mol. The van der Waals surface area contributed by atoms with Crippen LogP contribution < -0.4 is 5.32 Å². The van der Waals surface area contributed by atoms with Crippen LogP contribution in [0.3, 0.4) is 0 Å². The Morgan fingerprint density at radius 1 is 1.21 bits per heavy atom. The molecule has 1 aliphatic rings. The molecule has 1 atom stereocenters. The van der Waals surface area contributed by atoms with Gasteiger partial charge in [0.15, 0.2) is 0 Å². The Morgan fingerprint density at radius 2 is 1.90 bits per heavy atom. The molecule has 1 saturated heterocycles. The van der Waals surface area contributed by atoms with E-state index in [4.69, 9.17) is 11.6 Å². The summed E-state index contributed by atoms with van der Waals surface area (Å²) in [6.07, 6.45) is 2.67. The highest BCUT2D eigenvalue weighted by molar-refractivity contribution is 7.89. The van der Waals surface area contributed by atoms with Gasteiger partial charge in [-0.2, -0.15) is 4.31 Å². The molecule has 2 aromatic rings. The number of carbonyl (C=O) groups is 1. The Morgan fingerprint density at radius 3 is 2.52 bits per heavy atom. The number of rotatable bonds is 5. The van der Waals surface area contributed by atoms with Gasteiger partial charge in [0.05, 0.1) is 9.82 Å². The molecule has 1 N–H and O–H groups in total. The van der Waals surface area contributed by atoms with Crippen LogP contribution >= 0.6 is 11.6 Å². The predicted molar refractivity (Wildman–Crippen MR) is 110 cm³/mol. The third-order valence-corrected chi connectivity index (χ3v) is 7.21. The van der Waals surface area contributed by atoms with Crippen LogP contribution in [0.4, 0.5) is 11.4 Å². The summed E-state index contributed by atoms with van der Waals surface area (Å²) < 4.78 is 27.2. The molecule has 0 aliphatic carbocycles. The maximum Gasteiger partial charge on any atom is 0.289 e. The highest BCUT2D eigenvalue weighted by Gasteiger charge is 2.30. The van der Waals surface area contributed by atoms with E-state index >= 15 is 0 Å². The molecule has 1 heterocycles. The molecule has 2 aromatic carbocycles. The number of piperidine rings is 1. The largest absolute Gasteiger partial charge is 0.322 e. The smallest absolute Gasteiger partial charge is 0.289 e. The van der Waals surface area contributed by atoms with Crippen LogP contribution in [0.25, 0.3) is 0 Å². The second kappa shape index (κ2) is 8.48. The minimum atomic E-state index is -3.62. The van der Waals surface area contributed by atoms with Crippen LogP contribution in [-0.4, -0.2) is 36.1 Å². The fourth-order valence-corrected chi connectivity index (χ4v) is 5.16. The molecule has 154 valence electrons. The summed E-state index contributed by atoms with van der Waals surface area (Å²) in [6, 6.07) is 9.51. The van der Waals surface area contributed by atoms with E-state index in [1.165, 1.54) is 40.7 Å². The molecule has 1 unspecified atom stereocenters. The fraction of sp³-hybridized carbons (Fsp3) is 0.316. The van der Waals surface area contributed by atoms with Gasteiger partial charge in [0.25, 0.3) is 11.6 Å². The summed E-state index contributed by atoms with van der Waals surface area (Å²) in [5.74, 6) is -0.517. The van der Waals surface area contributed by atoms with Crippen molar-refractivity contribution in [2.45, 2.75) is 37.1 Å². The van der Waals surface area contributed by atoms with Crippen molar-refractivity contribution in [3.63, 3.8) is 0 Å². The second-order valence-corrected chi connectivity index (χ2v) is 9.16. The number of nitro benzene ring substituents is 1. The number of nitrogens with one attached hydrogen (secondary N) is 1. The fourth-order valence-electron chi connectivity index (χ4n) is 3.28. The Bertz CT molecular complexity index is 1040. The van der Waals surface area contributed by atoms with Crippen LogP contribution in [0.15, 0.2) is 47.4 Å². The van der Waals surface area contributed by atoms with Crippen molar-refractivity contribution in [1.82, 2.24) is 4.31 Å². The number of anilines is 1. The van der Waals surface area contributed by atoms with Crippen molar-refractivity contribution in [3.05, 3.63) is 63.2 Å².